The van der Waals surface area contributed by atoms with E-state index >= 15 is 0 Å². The van der Waals surface area contributed by atoms with Crippen LogP contribution < -0.4 is 0 Å². The maximum atomic E-state index is 4.06. The van der Waals surface area contributed by atoms with Gasteiger partial charge < -0.3 is 4.90 Å². The van der Waals surface area contributed by atoms with E-state index in [0.717, 1.165) is 12.4 Å². The first kappa shape index (κ1) is 7.21. The Morgan fingerprint density at radius 1 is 1.60 bits per heavy atom. The lowest BCUT2D eigenvalue weighted by molar-refractivity contribution is 0.389. The summed E-state index contributed by atoms with van der Waals surface area (Å²) < 4.78 is 1.58. The summed E-state index contributed by atoms with van der Waals surface area (Å²) in [5, 5.41) is 4.06. The van der Waals surface area contributed by atoms with E-state index in [4.69, 9.17) is 0 Å². The predicted molar refractivity (Wildman–Crippen MR) is 37.2 cm³/mol. The van der Waals surface area contributed by atoms with Gasteiger partial charge in [0.15, 0.2) is 12.2 Å². The van der Waals surface area contributed by atoms with Crippen molar-refractivity contribution in [2.24, 2.45) is 7.05 Å². The lowest BCUT2D eigenvalue weighted by Crippen LogP contribution is -2.12. The zero-order chi connectivity index (χ0) is 7.56. The molecule has 0 aliphatic carbocycles. The first-order valence-electron chi connectivity index (χ1n) is 3.11. The van der Waals surface area contributed by atoms with Gasteiger partial charge in [-0.1, -0.05) is 0 Å². The highest BCUT2D eigenvalue weighted by molar-refractivity contribution is 4.78. The fourth-order valence-corrected chi connectivity index (χ4v) is 0.698. The largest absolute Gasteiger partial charge is 0.302 e. The Labute approximate surface area is 60.5 Å². The molecule has 1 radical (unpaired) electrons. The van der Waals surface area contributed by atoms with Gasteiger partial charge >= 0.3 is 0 Å². The van der Waals surface area contributed by atoms with Crippen LogP contribution in [0, 0.1) is 6.33 Å². The fourth-order valence-electron chi connectivity index (χ4n) is 0.698. The Kier molecular flexibility index (Phi) is 2.01. The van der Waals surface area contributed by atoms with Crippen LogP contribution in [0.1, 0.15) is 5.82 Å². The van der Waals surface area contributed by atoms with Crippen LogP contribution in [0.2, 0.25) is 0 Å². The standard InChI is InChI=1S/C6H11N4/c1-9(2)4-6-7-5-10(3)8-6/h4H2,1-3H3. The summed E-state index contributed by atoms with van der Waals surface area (Å²) in [6.07, 6.45) is 2.70. The van der Waals surface area contributed by atoms with Crippen molar-refractivity contribution in [1.29, 1.82) is 0 Å². The molecular formula is C6H11N4. The highest BCUT2D eigenvalue weighted by Gasteiger charge is 1.98. The van der Waals surface area contributed by atoms with Gasteiger partial charge in [0.2, 0.25) is 0 Å². The molecule has 0 aliphatic rings. The molecule has 55 valence electrons. The van der Waals surface area contributed by atoms with Gasteiger partial charge in [0.05, 0.1) is 6.54 Å². The third kappa shape index (κ3) is 1.80. The first-order chi connectivity index (χ1) is 4.68. The van der Waals surface area contributed by atoms with Crippen LogP contribution in [0.15, 0.2) is 0 Å². The molecule has 0 saturated carbocycles. The molecule has 0 spiro atoms. The molecule has 0 N–H and O–H groups in total. The van der Waals surface area contributed by atoms with E-state index in [1.165, 1.54) is 0 Å². The normalized spacial score (nSPS) is 10.8. The molecule has 0 unspecified atom stereocenters. The van der Waals surface area contributed by atoms with E-state index in [0.29, 0.717) is 0 Å². The molecule has 4 heteroatoms. The average Bonchev–Trinajstić information content (AvgIpc) is 2.13. The Balaban J connectivity index is 2.58. The second kappa shape index (κ2) is 2.79. The number of rotatable bonds is 2. The van der Waals surface area contributed by atoms with Crippen molar-refractivity contribution in [3.63, 3.8) is 0 Å². The Hall–Kier alpha value is -0.900. The van der Waals surface area contributed by atoms with Gasteiger partial charge in [-0.2, -0.15) is 5.10 Å². The number of hydrogen-bond acceptors (Lipinski definition) is 3. The molecule has 1 rings (SSSR count). The molecule has 1 aromatic heterocycles. The summed E-state index contributed by atoms with van der Waals surface area (Å²) in [7, 11) is 5.78. The highest BCUT2D eigenvalue weighted by Crippen LogP contribution is 1.90. The number of hydrogen-bond donors (Lipinski definition) is 0. The average molecular weight is 139 g/mol. The van der Waals surface area contributed by atoms with Crippen LogP contribution >= 0.6 is 0 Å². The van der Waals surface area contributed by atoms with Gasteiger partial charge in [-0.3, -0.25) is 0 Å². The lowest BCUT2D eigenvalue weighted by Gasteiger charge is -2.03. The van der Waals surface area contributed by atoms with Gasteiger partial charge in [-0.25, -0.2) is 9.67 Å². The van der Waals surface area contributed by atoms with Crippen molar-refractivity contribution in [2.75, 3.05) is 14.1 Å². The Bertz CT molecular complexity index is 203. The smallest absolute Gasteiger partial charge is 0.196 e. The molecule has 0 bridgehead atoms. The number of aryl methyl sites for hydroxylation is 1. The van der Waals surface area contributed by atoms with Crippen LogP contribution in [0.25, 0.3) is 0 Å². The lowest BCUT2D eigenvalue weighted by atomic mass is 10.6. The minimum atomic E-state index is 0.775. The SMILES string of the molecule is CN(C)Cc1n[c]n(C)n1. The molecule has 0 saturated heterocycles. The molecule has 0 aromatic carbocycles. The topological polar surface area (TPSA) is 34.0 Å². The van der Waals surface area contributed by atoms with Crippen molar-refractivity contribution in [3.05, 3.63) is 12.2 Å². The minimum Gasteiger partial charge on any atom is -0.302 e. The van der Waals surface area contributed by atoms with Crippen LogP contribution in [-0.4, -0.2) is 33.8 Å². The predicted octanol–water partition coefficient (Wildman–Crippen LogP) is -0.323. The Morgan fingerprint density at radius 2 is 2.30 bits per heavy atom. The van der Waals surface area contributed by atoms with Gasteiger partial charge in [0, 0.05) is 7.05 Å². The molecule has 10 heavy (non-hydrogen) atoms. The van der Waals surface area contributed by atoms with E-state index < -0.39 is 0 Å². The van der Waals surface area contributed by atoms with Gasteiger partial charge in [0.25, 0.3) is 0 Å². The molecular weight excluding hydrogens is 128 g/mol. The van der Waals surface area contributed by atoms with Crippen LogP contribution in [0.5, 0.6) is 0 Å². The van der Waals surface area contributed by atoms with Crippen LogP contribution in [0.4, 0.5) is 0 Å². The summed E-state index contributed by atoms with van der Waals surface area (Å²) in [5.74, 6) is 0.813. The van der Waals surface area contributed by atoms with E-state index in [1.807, 2.05) is 26.0 Å². The quantitative estimate of drug-likeness (QED) is 0.563. The molecule has 1 aromatic rings. The minimum absolute atomic E-state index is 0.775. The molecule has 0 fully saturated rings. The Morgan fingerprint density at radius 3 is 2.70 bits per heavy atom. The van der Waals surface area contributed by atoms with Crippen molar-refractivity contribution < 1.29 is 0 Å². The summed E-state index contributed by atoms with van der Waals surface area (Å²) in [4.78, 5) is 5.96. The maximum absolute atomic E-state index is 4.06. The molecule has 4 nitrogen and oxygen atoms in total. The van der Waals surface area contributed by atoms with Crippen molar-refractivity contribution in [1.82, 2.24) is 19.7 Å². The first-order valence-corrected chi connectivity index (χ1v) is 3.11. The molecule has 0 atom stereocenters. The van der Waals surface area contributed by atoms with Crippen molar-refractivity contribution in [2.45, 2.75) is 6.54 Å². The second-order valence-corrected chi connectivity index (χ2v) is 2.49. The van der Waals surface area contributed by atoms with Gasteiger partial charge in [-0.05, 0) is 14.1 Å². The third-order valence-electron chi connectivity index (χ3n) is 1.05. The maximum Gasteiger partial charge on any atom is 0.196 e. The van der Waals surface area contributed by atoms with Crippen LogP contribution in [-0.2, 0) is 13.6 Å². The highest BCUT2D eigenvalue weighted by atomic mass is 15.3. The third-order valence-corrected chi connectivity index (χ3v) is 1.05. The van der Waals surface area contributed by atoms with Crippen molar-refractivity contribution in [3.8, 4) is 0 Å². The molecule has 1 heterocycles. The zero-order valence-electron chi connectivity index (χ0n) is 6.50. The van der Waals surface area contributed by atoms with E-state index in [2.05, 4.69) is 16.4 Å². The van der Waals surface area contributed by atoms with Gasteiger partial charge in [-0.15, -0.1) is 0 Å². The molecule has 0 amide bonds. The summed E-state index contributed by atoms with van der Waals surface area (Å²) in [5.41, 5.74) is 0. The second-order valence-electron chi connectivity index (χ2n) is 2.49. The van der Waals surface area contributed by atoms with Gasteiger partial charge in [0.1, 0.15) is 0 Å². The summed E-state index contributed by atoms with van der Waals surface area (Å²) in [6.45, 7) is 0.775. The summed E-state index contributed by atoms with van der Waals surface area (Å²) >= 11 is 0. The monoisotopic (exact) mass is 139 g/mol. The van der Waals surface area contributed by atoms with E-state index in [1.54, 1.807) is 4.68 Å². The summed E-state index contributed by atoms with van der Waals surface area (Å²) in [6, 6.07) is 0. The fraction of sp³-hybridized carbons (Fsp3) is 0.667. The van der Waals surface area contributed by atoms with E-state index in [-0.39, 0.29) is 0 Å². The van der Waals surface area contributed by atoms with Crippen LogP contribution in [0.3, 0.4) is 0 Å². The number of aromatic nitrogens is 3. The molecule has 0 aliphatic heterocycles. The zero-order valence-corrected chi connectivity index (χ0v) is 6.50. The van der Waals surface area contributed by atoms with E-state index in [9.17, 15) is 0 Å². The van der Waals surface area contributed by atoms with Crippen molar-refractivity contribution >= 4 is 0 Å². The number of nitrogens with zero attached hydrogens (tertiary/aromatic N) is 4.